The monoisotopic (exact) mass is 265 g/mol. The van der Waals surface area contributed by atoms with Crippen LogP contribution in [0.1, 0.15) is 18.5 Å². The molecule has 0 amide bonds. The summed E-state index contributed by atoms with van der Waals surface area (Å²) >= 11 is 0. The molecule has 4 heteroatoms. The average molecular weight is 265 g/mol. The molecule has 0 unspecified atom stereocenters. The lowest BCUT2D eigenvalue weighted by Gasteiger charge is -2.11. The fourth-order valence-corrected chi connectivity index (χ4v) is 2.00. The van der Waals surface area contributed by atoms with E-state index in [9.17, 15) is 0 Å². The fourth-order valence-electron chi connectivity index (χ4n) is 2.00. The molecular weight excluding hydrogens is 250 g/mol. The van der Waals surface area contributed by atoms with E-state index in [2.05, 4.69) is 34.5 Å². The van der Waals surface area contributed by atoms with Crippen LogP contribution in [0.5, 0.6) is 0 Å². The second kappa shape index (κ2) is 5.57. The molecule has 0 spiro atoms. The van der Waals surface area contributed by atoms with Gasteiger partial charge in [0.1, 0.15) is 0 Å². The molecule has 0 saturated heterocycles. The van der Waals surface area contributed by atoms with Crippen LogP contribution in [0.25, 0.3) is 11.5 Å². The molecule has 3 aromatic rings. The smallest absolute Gasteiger partial charge is 0.264 e. The molecule has 4 nitrogen and oxygen atoms in total. The van der Waals surface area contributed by atoms with E-state index < -0.39 is 0 Å². The van der Waals surface area contributed by atoms with Gasteiger partial charge in [0.15, 0.2) is 0 Å². The number of anilines is 1. The molecule has 0 fully saturated rings. The lowest BCUT2D eigenvalue weighted by Crippen LogP contribution is -2.07. The molecule has 0 saturated carbocycles. The van der Waals surface area contributed by atoms with Crippen molar-refractivity contribution in [1.82, 2.24) is 10.1 Å². The predicted molar refractivity (Wildman–Crippen MR) is 78.2 cm³/mol. The van der Waals surface area contributed by atoms with Crippen LogP contribution in [-0.4, -0.2) is 10.1 Å². The van der Waals surface area contributed by atoms with Crippen molar-refractivity contribution in [3.63, 3.8) is 0 Å². The van der Waals surface area contributed by atoms with E-state index in [-0.39, 0.29) is 6.04 Å². The highest BCUT2D eigenvalue weighted by molar-refractivity contribution is 5.53. The molecule has 1 aromatic heterocycles. The van der Waals surface area contributed by atoms with Crippen LogP contribution in [0.4, 0.5) is 5.95 Å². The van der Waals surface area contributed by atoms with Gasteiger partial charge in [0, 0.05) is 5.56 Å². The predicted octanol–water partition coefficient (Wildman–Crippen LogP) is 3.91. The molecule has 0 aliphatic rings. The Kier molecular flexibility index (Phi) is 3.46. The van der Waals surface area contributed by atoms with Crippen LogP contribution < -0.4 is 5.32 Å². The quantitative estimate of drug-likeness (QED) is 0.777. The summed E-state index contributed by atoms with van der Waals surface area (Å²) in [6, 6.07) is 20.0. The van der Waals surface area contributed by atoms with Crippen molar-refractivity contribution in [3.05, 3.63) is 66.2 Å². The third-order valence-electron chi connectivity index (χ3n) is 3.09. The number of hydrogen-bond donors (Lipinski definition) is 1. The maximum absolute atomic E-state index is 5.26. The van der Waals surface area contributed by atoms with Gasteiger partial charge in [-0.1, -0.05) is 48.5 Å². The topological polar surface area (TPSA) is 51.0 Å². The largest absolute Gasteiger partial charge is 0.345 e. The van der Waals surface area contributed by atoms with Crippen molar-refractivity contribution in [2.45, 2.75) is 13.0 Å². The first kappa shape index (κ1) is 12.4. The summed E-state index contributed by atoms with van der Waals surface area (Å²) in [5.41, 5.74) is 2.10. The first-order valence-electron chi connectivity index (χ1n) is 6.53. The van der Waals surface area contributed by atoms with Crippen molar-refractivity contribution in [2.75, 3.05) is 5.32 Å². The number of aromatic nitrogens is 2. The summed E-state index contributed by atoms with van der Waals surface area (Å²) in [5, 5.41) is 7.19. The first-order valence-corrected chi connectivity index (χ1v) is 6.53. The molecule has 1 heterocycles. The van der Waals surface area contributed by atoms with E-state index in [0.717, 1.165) is 5.56 Å². The third kappa shape index (κ3) is 2.69. The van der Waals surface area contributed by atoms with Crippen molar-refractivity contribution >= 4 is 5.95 Å². The molecule has 1 atom stereocenters. The maximum Gasteiger partial charge on any atom is 0.264 e. The number of nitrogens with zero attached hydrogens (tertiary/aromatic N) is 2. The van der Waals surface area contributed by atoms with Crippen molar-refractivity contribution < 1.29 is 4.52 Å². The number of rotatable bonds is 4. The van der Waals surface area contributed by atoms with Crippen LogP contribution in [-0.2, 0) is 0 Å². The molecular formula is C16H15N3O. The van der Waals surface area contributed by atoms with Crippen LogP contribution in [0.3, 0.4) is 0 Å². The van der Waals surface area contributed by atoms with E-state index in [1.165, 1.54) is 5.56 Å². The summed E-state index contributed by atoms with van der Waals surface area (Å²) in [6.45, 7) is 2.06. The molecule has 3 rings (SSSR count). The van der Waals surface area contributed by atoms with E-state index in [1.807, 2.05) is 48.5 Å². The van der Waals surface area contributed by atoms with Crippen LogP contribution >= 0.6 is 0 Å². The molecule has 0 radical (unpaired) electrons. The van der Waals surface area contributed by atoms with E-state index in [4.69, 9.17) is 4.52 Å². The molecule has 0 bridgehead atoms. The highest BCUT2D eigenvalue weighted by Crippen LogP contribution is 2.21. The van der Waals surface area contributed by atoms with E-state index >= 15 is 0 Å². The maximum atomic E-state index is 5.26. The Hall–Kier alpha value is -2.62. The minimum atomic E-state index is 0.123. The van der Waals surface area contributed by atoms with Crippen LogP contribution in [0.2, 0.25) is 0 Å². The lowest BCUT2D eigenvalue weighted by molar-refractivity contribution is 0.431. The zero-order valence-electron chi connectivity index (χ0n) is 11.2. The van der Waals surface area contributed by atoms with Gasteiger partial charge in [0.05, 0.1) is 6.04 Å². The number of benzene rings is 2. The molecule has 20 heavy (non-hydrogen) atoms. The average Bonchev–Trinajstić information content (AvgIpc) is 2.97. The first-order chi connectivity index (χ1) is 9.83. The molecule has 2 aromatic carbocycles. The summed E-state index contributed by atoms with van der Waals surface area (Å²) in [5.74, 6) is 1.02. The minimum absolute atomic E-state index is 0.123. The molecule has 0 aliphatic heterocycles. The fraction of sp³-hybridized carbons (Fsp3) is 0.125. The SMILES string of the molecule is C[C@@H](Nc1noc(-c2ccccc2)n1)c1ccccc1. The Bertz CT molecular complexity index is 664. The Balaban J connectivity index is 1.75. The zero-order valence-corrected chi connectivity index (χ0v) is 11.2. The van der Waals surface area contributed by atoms with Crippen molar-refractivity contribution in [1.29, 1.82) is 0 Å². The summed E-state index contributed by atoms with van der Waals surface area (Å²) < 4.78 is 5.26. The summed E-state index contributed by atoms with van der Waals surface area (Å²) in [4.78, 5) is 4.36. The normalized spacial score (nSPS) is 12.1. The highest BCUT2D eigenvalue weighted by Gasteiger charge is 2.11. The Morgan fingerprint density at radius 1 is 0.950 bits per heavy atom. The number of nitrogens with one attached hydrogen (secondary N) is 1. The van der Waals surface area contributed by atoms with Crippen molar-refractivity contribution in [3.8, 4) is 11.5 Å². The van der Waals surface area contributed by atoms with Gasteiger partial charge in [-0.05, 0) is 29.8 Å². The number of hydrogen-bond acceptors (Lipinski definition) is 4. The Labute approximate surface area is 117 Å². The van der Waals surface area contributed by atoms with Crippen molar-refractivity contribution in [2.24, 2.45) is 0 Å². The standard InChI is InChI=1S/C16H15N3O/c1-12(13-8-4-2-5-9-13)17-16-18-15(20-19-16)14-10-6-3-7-11-14/h2-12H,1H3,(H,17,19)/t12-/m1/s1. The zero-order chi connectivity index (χ0) is 13.8. The van der Waals surface area contributed by atoms with Gasteiger partial charge in [-0.15, -0.1) is 0 Å². The van der Waals surface area contributed by atoms with Gasteiger partial charge in [-0.25, -0.2) is 0 Å². The van der Waals surface area contributed by atoms with Gasteiger partial charge in [0.2, 0.25) is 0 Å². The highest BCUT2D eigenvalue weighted by atomic mass is 16.5. The third-order valence-corrected chi connectivity index (χ3v) is 3.09. The van der Waals surface area contributed by atoms with Gasteiger partial charge in [-0.3, -0.25) is 0 Å². The summed E-state index contributed by atoms with van der Waals surface area (Å²) in [7, 11) is 0. The van der Waals surface area contributed by atoms with Gasteiger partial charge in [-0.2, -0.15) is 4.98 Å². The molecule has 1 N–H and O–H groups in total. The van der Waals surface area contributed by atoms with Gasteiger partial charge >= 0.3 is 0 Å². The summed E-state index contributed by atoms with van der Waals surface area (Å²) in [6.07, 6.45) is 0. The van der Waals surface area contributed by atoms with E-state index in [1.54, 1.807) is 0 Å². The molecule has 0 aliphatic carbocycles. The lowest BCUT2D eigenvalue weighted by atomic mass is 10.1. The second-order valence-electron chi connectivity index (χ2n) is 4.57. The molecule has 100 valence electrons. The second-order valence-corrected chi connectivity index (χ2v) is 4.57. The van der Waals surface area contributed by atoms with Crippen LogP contribution in [0.15, 0.2) is 65.2 Å². The Morgan fingerprint density at radius 2 is 1.60 bits per heavy atom. The van der Waals surface area contributed by atoms with Crippen LogP contribution in [0, 0.1) is 0 Å². The minimum Gasteiger partial charge on any atom is -0.345 e. The van der Waals surface area contributed by atoms with E-state index in [0.29, 0.717) is 11.8 Å². The Morgan fingerprint density at radius 3 is 2.30 bits per heavy atom. The van der Waals surface area contributed by atoms with Gasteiger partial charge in [0.25, 0.3) is 11.8 Å². The van der Waals surface area contributed by atoms with Gasteiger partial charge < -0.3 is 9.84 Å².